The molecule has 2 aromatic rings. The van der Waals surface area contributed by atoms with Gasteiger partial charge in [-0.25, -0.2) is 0 Å². The van der Waals surface area contributed by atoms with Gasteiger partial charge in [-0.3, -0.25) is 4.98 Å². The second-order valence-electron chi connectivity index (χ2n) is 6.30. The van der Waals surface area contributed by atoms with Crippen LogP contribution in [0.2, 0.25) is 0 Å². The van der Waals surface area contributed by atoms with Crippen molar-refractivity contribution in [1.29, 1.82) is 0 Å². The summed E-state index contributed by atoms with van der Waals surface area (Å²) < 4.78 is 0. The average molecular weight is 267 g/mol. The molecule has 3 heterocycles. The zero-order valence-corrected chi connectivity index (χ0v) is 12.2. The van der Waals surface area contributed by atoms with Crippen molar-refractivity contribution >= 4 is 16.6 Å². The molecule has 2 saturated heterocycles. The Kier molecular flexibility index (Phi) is 2.71. The number of hydrogen-bond donors (Lipinski definition) is 0. The van der Waals surface area contributed by atoms with E-state index >= 15 is 0 Å². The lowest BCUT2D eigenvalue weighted by atomic mass is 10.1. The second-order valence-corrected chi connectivity index (χ2v) is 6.30. The van der Waals surface area contributed by atoms with Gasteiger partial charge in [-0.1, -0.05) is 18.2 Å². The standard InChI is InChI=1S/C17H21N3/c1-12-9-16(14-5-3-4-6-15(14)18-12)20-10-13-7-8-19(2)17(13)11-20/h3-6,9,13,17H,7-8,10-11H2,1-2H3. The van der Waals surface area contributed by atoms with Crippen LogP contribution < -0.4 is 4.90 Å². The minimum absolute atomic E-state index is 0.738. The number of pyridine rings is 1. The highest BCUT2D eigenvalue weighted by molar-refractivity contribution is 5.92. The van der Waals surface area contributed by atoms with Gasteiger partial charge in [0.05, 0.1) is 5.52 Å². The number of fused-ring (bicyclic) bond motifs is 2. The van der Waals surface area contributed by atoms with Gasteiger partial charge in [0.2, 0.25) is 0 Å². The normalized spacial score (nSPS) is 26.4. The number of nitrogens with zero attached hydrogens (tertiary/aromatic N) is 3. The maximum Gasteiger partial charge on any atom is 0.0726 e. The van der Waals surface area contributed by atoms with Crippen molar-refractivity contribution in [1.82, 2.24) is 9.88 Å². The van der Waals surface area contributed by atoms with E-state index in [-0.39, 0.29) is 0 Å². The summed E-state index contributed by atoms with van der Waals surface area (Å²) in [6.07, 6.45) is 1.35. The largest absolute Gasteiger partial charge is 0.369 e. The number of anilines is 1. The summed E-state index contributed by atoms with van der Waals surface area (Å²) in [7, 11) is 2.27. The summed E-state index contributed by atoms with van der Waals surface area (Å²) >= 11 is 0. The highest BCUT2D eigenvalue weighted by Crippen LogP contribution is 2.36. The molecule has 2 fully saturated rings. The summed E-state index contributed by atoms with van der Waals surface area (Å²) in [5, 5.41) is 1.29. The van der Waals surface area contributed by atoms with Crippen LogP contribution >= 0.6 is 0 Å². The molecule has 1 aromatic carbocycles. The molecule has 2 aliphatic heterocycles. The summed E-state index contributed by atoms with van der Waals surface area (Å²) in [4.78, 5) is 9.76. The van der Waals surface area contributed by atoms with Gasteiger partial charge in [-0.2, -0.15) is 0 Å². The molecule has 0 saturated carbocycles. The van der Waals surface area contributed by atoms with E-state index in [9.17, 15) is 0 Å². The van der Waals surface area contributed by atoms with E-state index in [2.05, 4.69) is 59.1 Å². The van der Waals surface area contributed by atoms with Gasteiger partial charge >= 0.3 is 0 Å². The third kappa shape index (κ3) is 1.80. The van der Waals surface area contributed by atoms with Gasteiger partial charge in [0.1, 0.15) is 0 Å². The zero-order valence-electron chi connectivity index (χ0n) is 12.2. The summed E-state index contributed by atoms with van der Waals surface area (Å²) in [6, 6.07) is 11.5. The molecule has 2 unspecified atom stereocenters. The van der Waals surface area contributed by atoms with Crippen LogP contribution in [0.4, 0.5) is 5.69 Å². The molecular formula is C17H21N3. The molecule has 0 N–H and O–H groups in total. The fourth-order valence-electron chi connectivity index (χ4n) is 3.92. The van der Waals surface area contributed by atoms with Gasteiger partial charge in [0.15, 0.2) is 0 Å². The highest BCUT2D eigenvalue weighted by Gasteiger charge is 2.39. The predicted octanol–water partition coefficient (Wildman–Crippen LogP) is 2.68. The number of likely N-dealkylation sites (N-methyl/N-ethyl adjacent to an activating group) is 1. The van der Waals surface area contributed by atoms with Gasteiger partial charge in [0, 0.05) is 35.9 Å². The average Bonchev–Trinajstić information content (AvgIpc) is 3.00. The Bertz CT molecular complexity index is 652. The Balaban J connectivity index is 1.76. The molecule has 2 aliphatic rings. The third-order valence-electron chi connectivity index (χ3n) is 4.99. The van der Waals surface area contributed by atoms with E-state index in [1.54, 1.807) is 0 Å². The number of aromatic nitrogens is 1. The maximum absolute atomic E-state index is 4.66. The van der Waals surface area contributed by atoms with Gasteiger partial charge < -0.3 is 9.80 Å². The Morgan fingerprint density at radius 1 is 1.20 bits per heavy atom. The van der Waals surface area contributed by atoms with Crippen LogP contribution in [0.1, 0.15) is 12.1 Å². The molecule has 20 heavy (non-hydrogen) atoms. The lowest BCUT2D eigenvalue weighted by molar-refractivity contribution is 0.310. The molecule has 0 aliphatic carbocycles. The number of para-hydroxylation sites is 1. The number of benzene rings is 1. The van der Waals surface area contributed by atoms with Gasteiger partial charge in [-0.15, -0.1) is 0 Å². The third-order valence-corrected chi connectivity index (χ3v) is 4.99. The van der Waals surface area contributed by atoms with Crippen molar-refractivity contribution in [3.63, 3.8) is 0 Å². The van der Waals surface area contributed by atoms with Gasteiger partial charge in [0.25, 0.3) is 0 Å². The van der Waals surface area contributed by atoms with Crippen molar-refractivity contribution in [3.8, 4) is 0 Å². The van der Waals surface area contributed by atoms with Crippen molar-refractivity contribution in [3.05, 3.63) is 36.0 Å². The molecule has 3 nitrogen and oxygen atoms in total. The Hall–Kier alpha value is -1.61. The van der Waals surface area contributed by atoms with E-state index in [0.717, 1.165) is 29.7 Å². The second kappa shape index (κ2) is 4.45. The SMILES string of the molecule is Cc1cc(N2CC3CCN(C)C3C2)c2ccccc2n1. The first-order valence-electron chi connectivity index (χ1n) is 7.54. The lowest BCUT2D eigenvalue weighted by Crippen LogP contribution is -2.32. The fraction of sp³-hybridized carbons (Fsp3) is 0.471. The van der Waals surface area contributed by atoms with Crippen LogP contribution in [0.5, 0.6) is 0 Å². The predicted molar refractivity (Wildman–Crippen MR) is 83.2 cm³/mol. The van der Waals surface area contributed by atoms with Gasteiger partial charge in [-0.05, 0) is 45.0 Å². The molecular weight excluding hydrogens is 246 g/mol. The van der Waals surface area contributed by atoms with E-state index in [1.165, 1.54) is 30.6 Å². The van der Waals surface area contributed by atoms with E-state index in [1.807, 2.05) is 0 Å². The first-order valence-corrected chi connectivity index (χ1v) is 7.54. The van der Waals surface area contributed by atoms with Crippen molar-refractivity contribution in [2.75, 3.05) is 31.6 Å². The molecule has 0 spiro atoms. The Labute approximate surface area is 120 Å². The molecule has 0 radical (unpaired) electrons. The molecule has 2 atom stereocenters. The van der Waals surface area contributed by atoms with Crippen LogP contribution in [-0.4, -0.2) is 42.6 Å². The molecule has 0 amide bonds. The monoisotopic (exact) mass is 267 g/mol. The highest BCUT2D eigenvalue weighted by atomic mass is 15.3. The topological polar surface area (TPSA) is 19.4 Å². The quantitative estimate of drug-likeness (QED) is 0.792. The summed E-state index contributed by atoms with van der Waals surface area (Å²) in [5.41, 5.74) is 3.60. The lowest BCUT2D eigenvalue weighted by Gasteiger charge is -2.24. The molecule has 3 heteroatoms. The summed E-state index contributed by atoms with van der Waals surface area (Å²) in [6.45, 7) is 5.72. The van der Waals surface area contributed by atoms with Crippen molar-refractivity contribution in [2.45, 2.75) is 19.4 Å². The Morgan fingerprint density at radius 2 is 2.05 bits per heavy atom. The maximum atomic E-state index is 4.66. The number of rotatable bonds is 1. The van der Waals surface area contributed by atoms with Crippen molar-refractivity contribution < 1.29 is 0 Å². The Morgan fingerprint density at radius 3 is 2.90 bits per heavy atom. The van der Waals surface area contributed by atoms with E-state index in [0.29, 0.717) is 0 Å². The fourth-order valence-corrected chi connectivity index (χ4v) is 3.92. The molecule has 4 rings (SSSR count). The molecule has 104 valence electrons. The minimum Gasteiger partial charge on any atom is -0.369 e. The molecule has 1 aromatic heterocycles. The van der Waals surface area contributed by atoms with E-state index in [4.69, 9.17) is 0 Å². The smallest absolute Gasteiger partial charge is 0.0726 e. The minimum atomic E-state index is 0.738. The number of aryl methyl sites for hydroxylation is 1. The molecule has 0 bridgehead atoms. The van der Waals surface area contributed by atoms with Crippen LogP contribution in [0.15, 0.2) is 30.3 Å². The van der Waals surface area contributed by atoms with Crippen LogP contribution in [0.3, 0.4) is 0 Å². The first-order chi connectivity index (χ1) is 9.72. The van der Waals surface area contributed by atoms with Crippen molar-refractivity contribution in [2.24, 2.45) is 5.92 Å². The van der Waals surface area contributed by atoms with Crippen LogP contribution in [0.25, 0.3) is 10.9 Å². The van der Waals surface area contributed by atoms with Crippen LogP contribution in [0, 0.1) is 12.8 Å². The number of likely N-dealkylation sites (tertiary alicyclic amines) is 1. The van der Waals surface area contributed by atoms with E-state index < -0.39 is 0 Å². The van der Waals surface area contributed by atoms with Crippen LogP contribution in [-0.2, 0) is 0 Å². The zero-order chi connectivity index (χ0) is 13.7. The first kappa shape index (κ1) is 12.2. The summed E-state index contributed by atoms with van der Waals surface area (Å²) in [5.74, 6) is 0.840. The number of hydrogen-bond acceptors (Lipinski definition) is 3.